The summed E-state index contributed by atoms with van der Waals surface area (Å²) >= 11 is 12.4. The second-order valence-electron chi connectivity index (χ2n) is 10.9. The number of hydrogen-bond donors (Lipinski definition) is 3. The summed E-state index contributed by atoms with van der Waals surface area (Å²) < 4.78 is 47.3. The van der Waals surface area contributed by atoms with Gasteiger partial charge in [-0.3, -0.25) is 25.6 Å². The summed E-state index contributed by atoms with van der Waals surface area (Å²) in [4.78, 5) is 30.0. The Kier molecular flexibility index (Phi) is 10.1. The van der Waals surface area contributed by atoms with Gasteiger partial charge >= 0.3 is 6.18 Å². The number of nitrogens with one attached hydrogen (secondary N) is 3. The SMILES string of the molecule is CCOc1cc(C(F)(F)F)ccc1C1(C(=O)N2CCN(C(C=O)NC)CC2)NC(c2ccc(Cl)cc2)C(c2ccc(Cl)cc2)N1. The molecule has 45 heavy (non-hydrogen) atoms. The van der Waals surface area contributed by atoms with Gasteiger partial charge in [-0.05, 0) is 61.5 Å². The van der Waals surface area contributed by atoms with Gasteiger partial charge < -0.3 is 14.4 Å². The molecule has 0 saturated carbocycles. The molecule has 2 heterocycles. The van der Waals surface area contributed by atoms with Crippen LogP contribution in [-0.2, 0) is 21.4 Å². The molecular weight excluding hydrogens is 630 g/mol. The van der Waals surface area contributed by atoms with Crippen molar-refractivity contribution in [1.29, 1.82) is 0 Å². The summed E-state index contributed by atoms with van der Waals surface area (Å²) in [5.41, 5.74) is -0.753. The molecule has 8 nitrogen and oxygen atoms in total. The lowest BCUT2D eigenvalue weighted by Crippen LogP contribution is -2.63. The highest BCUT2D eigenvalue weighted by Crippen LogP contribution is 2.46. The first-order valence-corrected chi connectivity index (χ1v) is 15.3. The summed E-state index contributed by atoms with van der Waals surface area (Å²) in [7, 11) is 1.69. The number of piperazine rings is 1. The van der Waals surface area contributed by atoms with Crippen LogP contribution >= 0.6 is 23.2 Å². The third-order valence-corrected chi connectivity index (χ3v) is 8.79. The van der Waals surface area contributed by atoms with Gasteiger partial charge in [-0.25, -0.2) is 0 Å². The first-order chi connectivity index (χ1) is 21.5. The van der Waals surface area contributed by atoms with Crippen molar-refractivity contribution in [2.45, 2.75) is 37.0 Å². The fourth-order valence-electron chi connectivity index (χ4n) is 6.02. The number of carbonyl (C=O) groups is 2. The van der Waals surface area contributed by atoms with Gasteiger partial charge in [0.05, 0.1) is 24.3 Å². The average Bonchev–Trinajstić information content (AvgIpc) is 3.44. The first-order valence-electron chi connectivity index (χ1n) is 14.6. The third kappa shape index (κ3) is 6.84. The molecule has 3 aromatic carbocycles. The molecule has 2 aliphatic rings. The second kappa shape index (κ2) is 13.7. The van der Waals surface area contributed by atoms with Crippen LogP contribution in [0.4, 0.5) is 13.2 Å². The maximum atomic E-state index is 14.8. The van der Waals surface area contributed by atoms with Crippen molar-refractivity contribution in [2.75, 3.05) is 39.8 Å². The zero-order valence-electron chi connectivity index (χ0n) is 24.7. The summed E-state index contributed by atoms with van der Waals surface area (Å²) in [6.07, 6.45) is -4.31. The van der Waals surface area contributed by atoms with E-state index in [-0.39, 0.29) is 36.9 Å². The Labute approximate surface area is 269 Å². The van der Waals surface area contributed by atoms with Crippen LogP contribution in [0.15, 0.2) is 66.7 Å². The molecule has 5 rings (SSSR count). The van der Waals surface area contributed by atoms with Crippen LogP contribution in [-0.4, -0.2) is 68.0 Å². The van der Waals surface area contributed by atoms with E-state index in [4.69, 9.17) is 27.9 Å². The van der Waals surface area contributed by atoms with E-state index in [0.717, 1.165) is 29.5 Å². The van der Waals surface area contributed by atoms with E-state index in [1.165, 1.54) is 6.07 Å². The summed E-state index contributed by atoms with van der Waals surface area (Å²) in [6, 6.07) is 16.5. The number of amides is 1. The van der Waals surface area contributed by atoms with Crippen LogP contribution in [0.5, 0.6) is 5.75 Å². The minimum Gasteiger partial charge on any atom is -0.493 e. The van der Waals surface area contributed by atoms with E-state index in [2.05, 4.69) is 16.0 Å². The molecule has 3 atom stereocenters. The fourth-order valence-corrected chi connectivity index (χ4v) is 6.27. The van der Waals surface area contributed by atoms with E-state index in [0.29, 0.717) is 23.1 Å². The molecule has 3 N–H and O–H groups in total. The molecule has 240 valence electrons. The van der Waals surface area contributed by atoms with Gasteiger partial charge in [-0.2, -0.15) is 13.2 Å². The first kappa shape index (κ1) is 33.2. The molecule has 0 aliphatic carbocycles. The molecule has 13 heteroatoms. The average molecular weight is 665 g/mol. The van der Waals surface area contributed by atoms with Crippen LogP contribution < -0.4 is 20.7 Å². The molecule has 3 unspecified atom stereocenters. The minimum absolute atomic E-state index is 0.0675. The summed E-state index contributed by atoms with van der Waals surface area (Å²) in [5, 5.41) is 11.0. The van der Waals surface area contributed by atoms with E-state index >= 15 is 0 Å². The van der Waals surface area contributed by atoms with Crippen molar-refractivity contribution in [3.63, 3.8) is 0 Å². The number of likely N-dealkylation sites (N-methyl/N-ethyl adjacent to an activating group) is 1. The lowest BCUT2D eigenvalue weighted by atomic mass is 9.94. The van der Waals surface area contributed by atoms with Gasteiger partial charge in [0.25, 0.3) is 5.91 Å². The maximum Gasteiger partial charge on any atom is 0.416 e. The molecule has 2 saturated heterocycles. The van der Waals surface area contributed by atoms with Crippen molar-refractivity contribution < 1.29 is 27.5 Å². The molecule has 3 aromatic rings. The second-order valence-corrected chi connectivity index (χ2v) is 11.8. The van der Waals surface area contributed by atoms with Crippen molar-refractivity contribution in [3.05, 3.63) is 99.0 Å². The van der Waals surface area contributed by atoms with Gasteiger partial charge in [0, 0.05) is 41.8 Å². The van der Waals surface area contributed by atoms with Gasteiger partial charge in [0.1, 0.15) is 11.9 Å². The van der Waals surface area contributed by atoms with Gasteiger partial charge in [-0.1, -0.05) is 53.5 Å². The van der Waals surface area contributed by atoms with Crippen LogP contribution in [0.2, 0.25) is 10.0 Å². The van der Waals surface area contributed by atoms with Crippen molar-refractivity contribution in [2.24, 2.45) is 0 Å². The number of carbonyl (C=O) groups excluding carboxylic acids is 2. The Morgan fingerprint density at radius 3 is 1.96 bits per heavy atom. The Bertz CT molecular complexity index is 1450. The minimum atomic E-state index is -4.62. The number of nitrogens with zero attached hydrogens (tertiary/aromatic N) is 2. The van der Waals surface area contributed by atoms with Crippen molar-refractivity contribution in [3.8, 4) is 5.75 Å². The molecule has 0 aromatic heterocycles. The predicted molar refractivity (Wildman–Crippen MR) is 166 cm³/mol. The number of hydrogen-bond acceptors (Lipinski definition) is 7. The largest absolute Gasteiger partial charge is 0.493 e. The predicted octanol–water partition coefficient (Wildman–Crippen LogP) is 5.13. The summed E-state index contributed by atoms with van der Waals surface area (Å²) in [6.45, 7) is 3.16. The standard InChI is InChI=1S/C32H34Cl2F3N5O3/c1-3-45-26-18-22(32(35,36)37)8-13-25(26)31(30(44)42-16-14-41(15-17-42)27(19-43)38-2)39-28(20-4-9-23(33)10-5-20)29(40-31)21-6-11-24(34)12-7-21/h4-13,18-19,27-29,38-40H,3,14-17H2,1-2H3. The Hall–Kier alpha value is -3.19. The number of ether oxygens (including phenoxy) is 1. The highest BCUT2D eigenvalue weighted by molar-refractivity contribution is 6.30. The lowest BCUT2D eigenvalue weighted by molar-refractivity contribution is -0.142. The summed E-state index contributed by atoms with van der Waals surface area (Å²) in [5.74, 6) is -0.451. The van der Waals surface area contributed by atoms with Crippen molar-refractivity contribution >= 4 is 35.4 Å². The van der Waals surface area contributed by atoms with E-state index in [1.54, 1.807) is 43.1 Å². The van der Waals surface area contributed by atoms with E-state index in [9.17, 15) is 22.8 Å². The van der Waals surface area contributed by atoms with Crippen LogP contribution in [0.1, 0.15) is 41.3 Å². The highest BCUT2D eigenvalue weighted by Gasteiger charge is 2.55. The fraction of sp³-hybridized carbons (Fsp3) is 0.375. The van der Waals surface area contributed by atoms with Crippen LogP contribution in [0.25, 0.3) is 0 Å². The van der Waals surface area contributed by atoms with Crippen molar-refractivity contribution in [1.82, 2.24) is 25.8 Å². The number of benzene rings is 3. The molecule has 2 aliphatic heterocycles. The van der Waals surface area contributed by atoms with E-state index < -0.39 is 35.7 Å². The Morgan fingerprint density at radius 1 is 0.978 bits per heavy atom. The van der Waals surface area contributed by atoms with Crippen LogP contribution in [0.3, 0.4) is 0 Å². The van der Waals surface area contributed by atoms with Gasteiger partial charge in [0.2, 0.25) is 0 Å². The lowest BCUT2D eigenvalue weighted by Gasteiger charge is -2.41. The molecule has 2 fully saturated rings. The quantitative estimate of drug-likeness (QED) is 0.274. The monoisotopic (exact) mass is 663 g/mol. The molecule has 1 amide bonds. The Balaban J connectivity index is 1.64. The van der Waals surface area contributed by atoms with Gasteiger partial charge in [0.15, 0.2) is 11.9 Å². The Morgan fingerprint density at radius 2 is 1.51 bits per heavy atom. The maximum absolute atomic E-state index is 14.8. The number of aldehydes is 1. The number of rotatable bonds is 9. The third-order valence-electron chi connectivity index (χ3n) is 8.29. The number of alkyl halides is 3. The zero-order valence-corrected chi connectivity index (χ0v) is 26.2. The van der Waals surface area contributed by atoms with E-state index in [1.807, 2.05) is 29.2 Å². The highest BCUT2D eigenvalue weighted by atomic mass is 35.5. The smallest absolute Gasteiger partial charge is 0.416 e. The molecule has 0 bridgehead atoms. The molecule has 0 radical (unpaired) electrons. The normalized spacial score (nSPS) is 23.1. The van der Waals surface area contributed by atoms with Crippen LogP contribution in [0, 0.1) is 0 Å². The van der Waals surface area contributed by atoms with Gasteiger partial charge in [-0.15, -0.1) is 0 Å². The topological polar surface area (TPSA) is 85.9 Å². The number of halogens is 5. The molecule has 0 spiro atoms. The molecular formula is C32H34Cl2F3N5O3. The zero-order chi connectivity index (χ0) is 32.4.